The molecule has 7 heteroatoms. The molecule has 2 aromatic carbocycles. The van der Waals surface area contributed by atoms with Gasteiger partial charge in [-0.05, 0) is 54.5 Å². The Labute approximate surface area is 196 Å². The van der Waals surface area contributed by atoms with E-state index in [-0.39, 0.29) is 17.6 Å². The number of rotatable bonds is 5. The molecule has 3 rings (SSSR count). The second-order valence-corrected chi connectivity index (χ2v) is 11.6. The zero-order valence-electron chi connectivity index (χ0n) is 19.4. The largest absolute Gasteiger partial charge is 0.387 e. The van der Waals surface area contributed by atoms with Gasteiger partial charge in [0, 0.05) is 37.3 Å². The average Bonchev–Trinajstić information content (AvgIpc) is 2.82. The molecular weight excluding hydrogens is 432 g/mol. The van der Waals surface area contributed by atoms with Crippen LogP contribution in [0.15, 0.2) is 59.6 Å². The third kappa shape index (κ3) is 5.25. The van der Waals surface area contributed by atoms with Gasteiger partial charge < -0.3 is 16.6 Å². The summed E-state index contributed by atoms with van der Waals surface area (Å²) in [6, 6.07) is 14.8. The Morgan fingerprint density at radius 2 is 1.70 bits per heavy atom. The summed E-state index contributed by atoms with van der Waals surface area (Å²) in [6.45, 7) is 7.96. The minimum atomic E-state index is -2.25. The Morgan fingerprint density at radius 1 is 1.06 bits per heavy atom. The van der Waals surface area contributed by atoms with E-state index in [1.54, 1.807) is 18.3 Å². The van der Waals surface area contributed by atoms with Crippen LogP contribution < -0.4 is 11.5 Å². The van der Waals surface area contributed by atoms with Crippen molar-refractivity contribution >= 4 is 20.2 Å². The quantitative estimate of drug-likeness (QED) is 0.395. The topological polar surface area (TPSA) is 115 Å². The van der Waals surface area contributed by atoms with E-state index in [0.717, 1.165) is 26.5 Å². The fraction of sp³-hybridized carbons (Fsp3) is 0.269. The van der Waals surface area contributed by atoms with Crippen molar-refractivity contribution in [2.75, 3.05) is 12.3 Å². The molecule has 5 N–H and O–H groups in total. The third-order valence-electron chi connectivity index (χ3n) is 5.42. The summed E-state index contributed by atoms with van der Waals surface area (Å²) in [6.07, 6.45) is 0.916. The van der Waals surface area contributed by atoms with E-state index in [4.69, 9.17) is 11.5 Å². The smallest absolute Gasteiger partial charge is 0.158 e. The van der Waals surface area contributed by atoms with Crippen LogP contribution >= 0.6 is 0 Å². The van der Waals surface area contributed by atoms with Crippen LogP contribution in [0.2, 0.25) is 0 Å². The van der Waals surface area contributed by atoms with Crippen molar-refractivity contribution < 1.29 is 9.32 Å². The maximum atomic E-state index is 13.5. The zero-order chi connectivity index (χ0) is 24.2. The molecule has 172 valence electrons. The van der Waals surface area contributed by atoms with Crippen molar-refractivity contribution in [2.45, 2.75) is 43.9 Å². The Balaban J connectivity index is 1.91. The maximum Gasteiger partial charge on any atom is 0.158 e. The van der Waals surface area contributed by atoms with Gasteiger partial charge in [0.2, 0.25) is 0 Å². The van der Waals surface area contributed by atoms with Gasteiger partial charge in [0.1, 0.15) is 0 Å². The van der Waals surface area contributed by atoms with Gasteiger partial charge in [0.05, 0.1) is 18.0 Å². The lowest BCUT2D eigenvalue weighted by molar-refractivity contribution is 0.187. The van der Waals surface area contributed by atoms with Crippen LogP contribution in [-0.4, -0.2) is 35.9 Å². The molecule has 2 unspecified atom stereocenters. The molecule has 3 aromatic rings. The van der Waals surface area contributed by atoms with E-state index in [1.807, 2.05) is 64.1 Å². The normalized spacial score (nSPS) is 13.7. The first-order valence-electron chi connectivity index (χ1n) is 10.7. The number of benzene rings is 2. The molecule has 0 aliphatic heterocycles. The maximum absolute atomic E-state index is 13.5. The van der Waals surface area contributed by atoms with Crippen molar-refractivity contribution in [3.05, 3.63) is 71.5 Å². The SMILES string of the molecule is CC(C)=S(=O)(c1ccc(-c2cnc(N)c(C#Cc3ccc(C(O)CN)cc3)n2)cc1)C(C)C. The monoisotopic (exact) mass is 462 g/mol. The number of hydrogen-bond donors (Lipinski definition) is 3. The molecule has 0 saturated carbocycles. The highest BCUT2D eigenvalue weighted by molar-refractivity contribution is 8.02. The second-order valence-electron chi connectivity index (χ2n) is 8.19. The number of anilines is 1. The van der Waals surface area contributed by atoms with Crippen LogP contribution in [0.25, 0.3) is 11.3 Å². The Bertz CT molecular complexity index is 1310. The first-order chi connectivity index (χ1) is 15.7. The highest BCUT2D eigenvalue weighted by Gasteiger charge is 2.18. The molecular formula is C26H30N4O2S. The number of nitrogens with zero attached hydrogens (tertiary/aromatic N) is 2. The molecule has 0 amide bonds. The summed E-state index contributed by atoms with van der Waals surface area (Å²) in [4.78, 5) is 10.6. The van der Waals surface area contributed by atoms with E-state index in [0.29, 0.717) is 11.4 Å². The molecule has 0 aliphatic rings. The minimum Gasteiger partial charge on any atom is -0.387 e. The van der Waals surface area contributed by atoms with Crippen LogP contribution in [0.5, 0.6) is 0 Å². The number of nitrogens with two attached hydrogens (primary N) is 2. The van der Waals surface area contributed by atoms with Gasteiger partial charge in [-0.2, -0.15) is 0 Å². The molecule has 0 bridgehead atoms. The first-order valence-corrected chi connectivity index (χ1v) is 12.3. The van der Waals surface area contributed by atoms with E-state index < -0.39 is 15.6 Å². The van der Waals surface area contributed by atoms with E-state index >= 15 is 0 Å². The molecule has 0 fully saturated rings. The van der Waals surface area contributed by atoms with Gasteiger partial charge >= 0.3 is 0 Å². The molecule has 0 saturated heterocycles. The summed E-state index contributed by atoms with van der Waals surface area (Å²) in [5, 5.41) is 9.82. The van der Waals surface area contributed by atoms with Crippen molar-refractivity contribution in [3.8, 4) is 23.1 Å². The lowest BCUT2D eigenvalue weighted by Crippen LogP contribution is -2.20. The minimum absolute atomic E-state index is 0.0131. The highest BCUT2D eigenvalue weighted by atomic mass is 32.2. The first kappa shape index (κ1) is 24.5. The predicted molar refractivity (Wildman–Crippen MR) is 136 cm³/mol. The van der Waals surface area contributed by atoms with Crippen molar-refractivity contribution in [3.63, 3.8) is 0 Å². The van der Waals surface area contributed by atoms with Gasteiger partial charge in [-0.1, -0.05) is 44.0 Å². The molecule has 2 atom stereocenters. The van der Waals surface area contributed by atoms with Gasteiger partial charge in [-0.15, -0.1) is 0 Å². The molecule has 33 heavy (non-hydrogen) atoms. The number of aliphatic hydroxyl groups excluding tert-OH is 1. The Kier molecular flexibility index (Phi) is 7.54. The van der Waals surface area contributed by atoms with Gasteiger partial charge in [-0.3, -0.25) is 4.21 Å². The van der Waals surface area contributed by atoms with Gasteiger partial charge in [-0.25, -0.2) is 9.97 Å². The Morgan fingerprint density at radius 3 is 2.24 bits per heavy atom. The van der Waals surface area contributed by atoms with Crippen molar-refractivity contribution in [2.24, 2.45) is 5.73 Å². The van der Waals surface area contributed by atoms with E-state index in [2.05, 4.69) is 21.8 Å². The van der Waals surface area contributed by atoms with Crippen molar-refractivity contribution in [1.29, 1.82) is 0 Å². The van der Waals surface area contributed by atoms with Crippen LogP contribution in [-0.2, 0) is 9.52 Å². The standard InChI is InChI=1S/C26H30N4O2S/c1-17(2)33(32,18(3)4)22-12-10-20(11-13-22)24-16-29-26(28)23(30-24)14-7-19-5-8-21(9-6-19)25(31)15-27/h5-6,8-13,16-17,25,31H,15,27H2,1-4H3,(H2,28,29). The summed E-state index contributed by atoms with van der Waals surface area (Å²) in [5.41, 5.74) is 14.8. The summed E-state index contributed by atoms with van der Waals surface area (Å²) < 4.78 is 13.5. The van der Waals surface area contributed by atoms with Crippen LogP contribution in [0.3, 0.4) is 0 Å². The van der Waals surface area contributed by atoms with Crippen LogP contribution in [0.4, 0.5) is 5.82 Å². The van der Waals surface area contributed by atoms with E-state index in [9.17, 15) is 9.32 Å². The van der Waals surface area contributed by atoms with Crippen LogP contribution in [0.1, 0.15) is 50.6 Å². The molecule has 0 spiro atoms. The molecule has 0 radical (unpaired) electrons. The summed E-state index contributed by atoms with van der Waals surface area (Å²) in [7, 11) is -2.25. The Hall–Kier alpha value is -3.18. The highest BCUT2D eigenvalue weighted by Crippen LogP contribution is 2.24. The van der Waals surface area contributed by atoms with E-state index in [1.165, 1.54) is 0 Å². The predicted octanol–water partition coefficient (Wildman–Crippen LogP) is 3.38. The number of aliphatic hydroxyl groups is 1. The zero-order valence-corrected chi connectivity index (χ0v) is 20.2. The van der Waals surface area contributed by atoms with Crippen molar-refractivity contribution in [1.82, 2.24) is 9.97 Å². The average molecular weight is 463 g/mol. The lowest BCUT2D eigenvalue weighted by Gasteiger charge is -2.18. The molecule has 1 aromatic heterocycles. The molecule has 0 aliphatic carbocycles. The number of aromatic nitrogens is 2. The fourth-order valence-electron chi connectivity index (χ4n) is 3.49. The molecule has 6 nitrogen and oxygen atoms in total. The van der Waals surface area contributed by atoms with Gasteiger partial charge in [0.15, 0.2) is 11.5 Å². The fourth-order valence-corrected chi connectivity index (χ4v) is 5.99. The van der Waals surface area contributed by atoms with Crippen LogP contribution in [0, 0.1) is 11.8 Å². The second kappa shape index (κ2) is 10.2. The lowest BCUT2D eigenvalue weighted by atomic mass is 10.1. The number of hydrogen-bond acceptors (Lipinski definition) is 6. The molecule has 1 heterocycles. The number of nitrogen functional groups attached to an aromatic ring is 1. The summed E-state index contributed by atoms with van der Waals surface area (Å²) in [5.74, 6) is 6.26. The third-order valence-corrected chi connectivity index (χ3v) is 8.93. The summed E-state index contributed by atoms with van der Waals surface area (Å²) >= 11 is 0. The van der Waals surface area contributed by atoms with Gasteiger partial charge in [0.25, 0.3) is 0 Å².